The predicted octanol–water partition coefficient (Wildman–Crippen LogP) is 0.808. The van der Waals surface area contributed by atoms with E-state index in [1.807, 2.05) is 31.2 Å². The molecule has 0 saturated heterocycles. The highest BCUT2D eigenvalue weighted by atomic mass is 16.1. The van der Waals surface area contributed by atoms with Gasteiger partial charge in [-0.05, 0) is 25.0 Å². The second-order valence-electron chi connectivity index (χ2n) is 4.28. The van der Waals surface area contributed by atoms with Gasteiger partial charge in [-0.1, -0.05) is 25.1 Å². The maximum absolute atomic E-state index is 12.2. The lowest BCUT2D eigenvalue weighted by molar-refractivity contribution is 0.775. The van der Waals surface area contributed by atoms with Gasteiger partial charge in [-0.2, -0.15) is 9.97 Å². The summed E-state index contributed by atoms with van der Waals surface area (Å²) in [5.74, 6) is 6.34. The number of nitrogens with zero attached hydrogens (tertiary/aromatic N) is 4. The molecule has 0 aliphatic heterocycles. The van der Waals surface area contributed by atoms with Crippen LogP contribution in [-0.2, 0) is 6.42 Å². The molecule has 0 amide bonds. The van der Waals surface area contributed by atoms with Gasteiger partial charge in [-0.15, -0.1) is 0 Å². The summed E-state index contributed by atoms with van der Waals surface area (Å²) in [5.41, 5.74) is 1.52. The molecule has 0 aliphatic rings. The van der Waals surface area contributed by atoms with Crippen LogP contribution in [0, 0.1) is 6.92 Å². The topological polar surface area (TPSA) is 77.0 Å². The lowest BCUT2D eigenvalue weighted by atomic mass is 10.1. The molecule has 6 heteroatoms. The van der Waals surface area contributed by atoms with Crippen molar-refractivity contribution in [3.8, 4) is 5.69 Å². The summed E-state index contributed by atoms with van der Waals surface area (Å²) in [4.78, 5) is 20.3. The molecule has 2 aromatic rings. The number of rotatable bonds is 3. The first-order chi connectivity index (χ1) is 9.04. The minimum Gasteiger partial charge on any atom is -0.282 e. The fraction of sp³-hybridized carbons (Fsp3) is 0.308. The van der Waals surface area contributed by atoms with Crippen LogP contribution >= 0.6 is 0 Å². The van der Waals surface area contributed by atoms with Crippen LogP contribution < -0.4 is 16.5 Å². The van der Waals surface area contributed by atoms with Crippen molar-refractivity contribution in [2.75, 3.05) is 12.1 Å². The van der Waals surface area contributed by atoms with E-state index in [1.165, 1.54) is 9.58 Å². The van der Waals surface area contributed by atoms with Crippen molar-refractivity contribution in [3.63, 3.8) is 0 Å². The van der Waals surface area contributed by atoms with Crippen LogP contribution in [0.1, 0.15) is 18.3 Å². The van der Waals surface area contributed by atoms with Crippen molar-refractivity contribution in [2.45, 2.75) is 20.3 Å². The zero-order valence-corrected chi connectivity index (χ0v) is 11.3. The summed E-state index contributed by atoms with van der Waals surface area (Å²) in [6, 6.07) is 7.72. The number of hydrazine groups is 1. The molecule has 19 heavy (non-hydrogen) atoms. The maximum Gasteiger partial charge on any atom is 0.356 e. The summed E-state index contributed by atoms with van der Waals surface area (Å²) in [5, 5.41) is 1.23. The van der Waals surface area contributed by atoms with Crippen molar-refractivity contribution in [1.29, 1.82) is 0 Å². The number of aryl methyl sites for hydroxylation is 2. The van der Waals surface area contributed by atoms with Gasteiger partial charge in [0.2, 0.25) is 5.95 Å². The normalized spacial score (nSPS) is 10.5. The third-order valence-corrected chi connectivity index (χ3v) is 2.90. The zero-order valence-electron chi connectivity index (χ0n) is 11.3. The van der Waals surface area contributed by atoms with Gasteiger partial charge < -0.3 is 0 Å². The molecule has 6 nitrogen and oxygen atoms in total. The lowest BCUT2D eigenvalue weighted by Gasteiger charge is -2.15. The first-order valence-corrected chi connectivity index (χ1v) is 6.09. The van der Waals surface area contributed by atoms with Crippen molar-refractivity contribution < 1.29 is 0 Å². The van der Waals surface area contributed by atoms with Gasteiger partial charge in [0.1, 0.15) is 5.82 Å². The van der Waals surface area contributed by atoms with Gasteiger partial charge in [-0.3, -0.25) is 5.01 Å². The van der Waals surface area contributed by atoms with Gasteiger partial charge >= 0.3 is 5.69 Å². The minimum atomic E-state index is -0.374. The molecular formula is C13H17N5O. The third-order valence-electron chi connectivity index (χ3n) is 2.90. The van der Waals surface area contributed by atoms with Gasteiger partial charge in [0, 0.05) is 7.05 Å². The molecular weight excluding hydrogens is 242 g/mol. The van der Waals surface area contributed by atoms with Crippen LogP contribution in [0.3, 0.4) is 0 Å². The van der Waals surface area contributed by atoms with E-state index >= 15 is 0 Å². The average molecular weight is 259 g/mol. The van der Waals surface area contributed by atoms with Crippen LogP contribution in [0.25, 0.3) is 5.69 Å². The summed E-state index contributed by atoms with van der Waals surface area (Å²) >= 11 is 0. The number of hydrogen-bond acceptors (Lipinski definition) is 5. The zero-order chi connectivity index (χ0) is 14.0. The second-order valence-corrected chi connectivity index (χ2v) is 4.28. The third kappa shape index (κ3) is 2.48. The standard InChI is InChI=1S/C13H17N5O/c1-4-10-7-5-6-8-11(10)18-9(2)15-12(17(3)14)16-13(18)19/h5-8H,4,14H2,1-3H3. The number of aromatic nitrogens is 3. The molecule has 1 aromatic heterocycles. The minimum absolute atomic E-state index is 0.215. The Balaban J connectivity index is 2.67. The highest BCUT2D eigenvalue weighted by Gasteiger charge is 2.12. The summed E-state index contributed by atoms with van der Waals surface area (Å²) in [6.07, 6.45) is 0.834. The molecule has 1 aromatic carbocycles. The molecule has 0 bridgehead atoms. The van der Waals surface area contributed by atoms with Crippen LogP contribution in [0.2, 0.25) is 0 Å². The molecule has 0 saturated carbocycles. The molecule has 0 spiro atoms. The highest BCUT2D eigenvalue weighted by molar-refractivity contribution is 5.42. The Bertz CT molecular complexity index is 648. The maximum atomic E-state index is 12.2. The van der Waals surface area contributed by atoms with Gasteiger partial charge in [0.25, 0.3) is 0 Å². The lowest BCUT2D eigenvalue weighted by Crippen LogP contribution is -2.33. The molecule has 0 unspecified atom stereocenters. The summed E-state index contributed by atoms with van der Waals surface area (Å²) in [7, 11) is 1.60. The molecule has 0 atom stereocenters. The fourth-order valence-electron chi connectivity index (χ4n) is 1.96. The Kier molecular flexibility index (Phi) is 3.62. The SMILES string of the molecule is CCc1ccccc1-n1c(C)nc(N(C)N)nc1=O. The van der Waals surface area contributed by atoms with E-state index in [0.717, 1.165) is 17.7 Å². The quantitative estimate of drug-likeness (QED) is 0.652. The van der Waals surface area contributed by atoms with Crippen LogP contribution in [0.15, 0.2) is 29.1 Å². The van der Waals surface area contributed by atoms with E-state index in [1.54, 1.807) is 14.0 Å². The van der Waals surface area contributed by atoms with E-state index in [0.29, 0.717) is 5.82 Å². The first-order valence-electron chi connectivity index (χ1n) is 6.09. The van der Waals surface area contributed by atoms with Crippen LogP contribution in [0.5, 0.6) is 0 Å². The van der Waals surface area contributed by atoms with Crippen molar-refractivity contribution in [3.05, 3.63) is 46.1 Å². The smallest absolute Gasteiger partial charge is 0.282 e. The Morgan fingerprint density at radius 1 is 1.32 bits per heavy atom. The van der Waals surface area contributed by atoms with Gasteiger partial charge in [0.15, 0.2) is 0 Å². The first kappa shape index (κ1) is 13.2. The number of benzene rings is 1. The second kappa shape index (κ2) is 5.19. The van der Waals surface area contributed by atoms with E-state index in [-0.39, 0.29) is 11.6 Å². The van der Waals surface area contributed by atoms with Gasteiger partial charge in [-0.25, -0.2) is 15.2 Å². The molecule has 2 N–H and O–H groups in total. The number of para-hydroxylation sites is 1. The molecule has 0 aliphatic carbocycles. The largest absolute Gasteiger partial charge is 0.356 e. The number of hydrogen-bond donors (Lipinski definition) is 1. The highest BCUT2D eigenvalue weighted by Crippen LogP contribution is 2.14. The fourth-order valence-corrected chi connectivity index (χ4v) is 1.96. The van der Waals surface area contributed by atoms with E-state index < -0.39 is 0 Å². The summed E-state index contributed by atoms with van der Waals surface area (Å²) in [6.45, 7) is 3.81. The number of nitrogens with two attached hydrogens (primary N) is 1. The van der Waals surface area contributed by atoms with Gasteiger partial charge in [0.05, 0.1) is 5.69 Å². The van der Waals surface area contributed by atoms with Crippen molar-refractivity contribution in [2.24, 2.45) is 5.84 Å². The Morgan fingerprint density at radius 2 is 2.00 bits per heavy atom. The monoisotopic (exact) mass is 259 g/mol. The summed E-state index contributed by atoms with van der Waals surface area (Å²) < 4.78 is 1.51. The Labute approximate surface area is 111 Å². The van der Waals surface area contributed by atoms with Crippen LogP contribution in [-0.4, -0.2) is 21.6 Å². The van der Waals surface area contributed by atoms with E-state index in [4.69, 9.17) is 5.84 Å². The number of anilines is 1. The molecule has 0 radical (unpaired) electrons. The Hall–Kier alpha value is -2.21. The Morgan fingerprint density at radius 3 is 2.58 bits per heavy atom. The predicted molar refractivity (Wildman–Crippen MR) is 74.3 cm³/mol. The molecule has 2 rings (SSSR count). The van der Waals surface area contributed by atoms with E-state index in [2.05, 4.69) is 9.97 Å². The molecule has 0 fully saturated rings. The van der Waals surface area contributed by atoms with Crippen molar-refractivity contribution >= 4 is 5.95 Å². The molecule has 100 valence electrons. The van der Waals surface area contributed by atoms with Crippen molar-refractivity contribution in [1.82, 2.24) is 14.5 Å². The average Bonchev–Trinajstić information content (AvgIpc) is 2.38. The molecule has 1 heterocycles. The van der Waals surface area contributed by atoms with E-state index in [9.17, 15) is 4.79 Å². The van der Waals surface area contributed by atoms with Crippen LogP contribution in [0.4, 0.5) is 5.95 Å².